The van der Waals surface area contributed by atoms with E-state index in [0.717, 1.165) is 11.1 Å². The first-order valence-electron chi connectivity index (χ1n) is 8.93. The zero-order valence-corrected chi connectivity index (χ0v) is 16.1. The Morgan fingerprint density at radius 2 is 1.75 bits per heavy atom. The van der Waals surface area contributed by atoms with E-state index in [-0.39, 0.29) is 18.8 Å². The molecule has 1 heterocycles. The smallest absolute Gasteiger partial charge is 0.329 e. The van der Waals surface area contributed by atoms with Gasteiger partial charge >= 0.3 is 11.8 Å². The molecule has 3 rings (SSSR count). The van der Waals surface area contributed by atoms with Gasteiger partial charge in [-0.15, -0.1) is 0 Å². The first kappa shape index (κ1) is 19.4. The molecule has 146 valence electrons. The predicted octanol–water partition coefficient (Wildman–Crippen LogP) is 2.48. The Kier molecular flexibility index (Phi) is 5.63. The molecule has 0 fully saturated rings. The van der Waals surface area contributed by atoms with Gasteiger partial charge in [0.25, 0.3) is 0 Å². The summed E-state index contributed by atoms with van der Waals surface area (Å²) in [6.07, 6.45) is 1.50. The summed E-state index contributed by atoms with van der Waals surface area (Å²) in [5, 5.41) is 6.38. The van der Waals surface area contributed by atoms with Crippen LogP contribution in [0.2, 0.25) is 0 Å². The standard InChI is InChI=1S/C21H23N3O4/c1-21(2,3)16-7-4-14(5-8-16)12-23-24-20(26)19(25)22-11-15-6-9-17-18(10-15)28-13-27-17/h4-10,12H,11,13H2,1-3H3,(H,22,25)(H,24,26)/b23-12-. The number of ether oxygens (including phenoxy) is 2. The van der Waals surface area contributed by atoms with Crippen molar-refractivity contribution < 1.29 is 19.1 Å². The lowest BCUT2D eigenvalue weighted by molar-refractivity contribution is -0.139. The van der Waals surface area contributed by atoms with Crippen LogP contribution in [0, 0.1) is 0 Å². The van der Waals surface area contributed by atoms with E-state index in [1.54, 1.807) is 18.2 Å². The number of nitrogens with zero attached hydrogens (tertiary/aromatic N) is 1. The average molecular weight is 381 g/mol. The van der Waals surface area contributed by atoms with Gasteiger partial charge in [0.2, 0.25) is 6.79 Å². The average Bonchev–Trinajstić information content (AvgIpc) is 3.13. The molecule has 2 aromatic rings. The monoisotopic (exact) mass is 381 g/mol. The lowest BCUT2D eigenvalue weighted by Gasteiger charge is -2.18. The SMILES string of the molecule is CC(C)(C)c1ccc(/C=N\NC(=O)C(=O)NCc2ccc3c(c2)OCO3)cc1. The van der Waals surface area contributed by atoms with Crippen molar-refractivity contribution >= 4 is 18.0 Å². The van der Waals surface area contributed by atoms with E-state index >= 15 is 0 Å². The molecule has 1 aliphatic rings. The molecule has 0 atom stereocenters. The second-order valence-electron chi connectivity index (χ2n) is 7.44. The van der Waals surface area contributed by atoms with Gasteiger partial charge < -0.3 is 14.8 Å². The number of nitrogens with one attached hydrogen (secondary N) is 2. The largest absolute Gasteiger partial charge is 0.454 e. The molecule has 0 saturated carbocycles. The minimum atomic E-state index is -0.830. The van der Waals surface area contributed by atoms with Crippen molar-refractivity contribution in [2.75, 3.05) is 6.79 Å². The van der Waals surface area contributed by atoms with Crippen LogP contribution < -0.4 is 20.2 Å². The van der Waals surface area contributed by atoms with E-state index in [2.05, 4.69) is 36.6 Å². The summed E-state index contributed by atoms with van der Waals surface area (Å²) in [6, 6.07) is 13.2. The van der Waals surface area contributed by atoms with Gasteiger partial charge in [-0.3, -0.25) is 9.59 Å². The summed E-state index contributed by atoms with van der Waals surface area (Å²) in [7, 11) is 0. The van der Waals surface area contributed by atoms with Crippen LogP contribution in [0.15, 0.2) is 47.6 Å². The highest BCUT2D eigenvalue weighted by Gasteiger charge is 2.16. The maximum Gasteiger partial charge on any atom is 0.329 e. The fourth-order valence-corrected chi connectivity index (χ4v) is 2.60. The molecule has 0 saturated heterocycles. The second kappa shape index (κ2) is 8.12. The van der Waals surface area contributed by atoms with Gasteiger partial charge in [0.05, 0.1) is 6.21 Å². The molecule has 1 aliphatic heterocycles. The van der Waals surface area contributed by atoms with Crippen molar-refractivity contribution in [1.29, 1.82) is 0 Å². The quantitative estimate of drug-likeness (QED) is 0.484. The van der Waals surface area contributed by atoms with Gasteiger partial charge in [-0.25, -0.2) is 5.43 Å². The van der Waals surface area contributed by atoms with Crippen LogP contribution in [0.1, 0.15) is 37.5 Å². The van der Waals surface area contributed by atoms with Crippen molar-refractivity contribution in [3.63, 3.8) is 0 Å². The van der Waals surface area contributed by atoms with E-state index in [1.807, 2.05) is 24.3 Å². The molecule has 2 amide bonds. The van der Waals surface area contributed by atoms with Crippen molar-refractivity contribution in [2.45, 2.75) is 32.7 Å². The molecule has 0 aromatic heterocycles. The lowest BCUT2D eigenvalue weighted by atomic mass is 9.87. The van der Waals surface area contributed by atoms with Crippen LogP contribution in [-0.4, -0.2) is 24.8 Å². The molecule has 0 bridgehead atoms. The summed E-state index contributed by atoms with van der Waals surface area (Å²) >= 11 is 0. The predicted molar refractivity (Wildman–Crippen MR) is 105 cm³/mol. The van der Waals surface area contributed by atoms with Crippen LogP contribution in [0.3, 0.4) is 0 Å². The molecular weight excluding hydrogens is 358 g/mol. The van der Waals surface area contributed by atoms with Gasteiger partial charge in [0, 0.05) is 6.54 Å². The topological polar surface area (TPSA) is 89.0 Å². The van der Waals surface area contributed by atoms with E-state index in [4.69, 9.17) is 9.47 Å². The van der Waals surface area contributed by atoms with E-state index in [9.17, 15) is 9.59 Å². The molecule has 2 N–H and O–H groups in total. The first-order chi connectivity index (χ1) is 13.3. The maximum absolute atomic E-state index is 11.9. The summed E-state index contributed by atoms with van der Waals surface area (Å²) in [4.78, 5) is 23.7. The summed E-state index contributed by atoms with van der Waals surface area (Å²) in [5.41, 5.74) is 5.13. The van der Waals surface area contributed by atoms with Crippen molar-refractivity contribution in [1.82, 2.24) is 10.7 Å². The van der Waals surface area contributed by atoms with Crippen molar-refractivity contribution in [2.24, 2.45) is 5.10 Å². The minimum Gasteiger partial charge on any atom is -0.454 e. The van der Waals surface area contributed by atoms with E-state index < -0.39 is 11.8 Å². The van der Waals surface area contributed by atoms with Crippen molar-refractivity contribution in [3.05, 3.63) is 59.2 Å². The normalized spacial score (nSPS) is 12.8. The summed E-state index contributed by atoms with van der Waals surface area (Å²) < 4.78 is 10.5. The van der Waals surface area contributed by atoms with Crippen LogP contribution >= 0.6 is 0 Å². The fraction of sp³-hybridized carbons (Fsp3) is 0.286. The number of hydrazone groups is 1. The zero-order valence-electron chi connectivity index (χ0n) is 16.1. The van der Waals surface area contributed by atoms with E-state index in [1.165, 1.54) is 11.8 Å². The Morgan fingerprint density at radius 1 is 1.04 bits per heavy atom. The van der Waals surface area contributed by atoms with Gasteiger partial charge in [-0.2, -0.15) is 5.10 Å². The molecule has 28 heavy (non-hydrogen) atoms. The molecule has 0 unspecified atom stereocenters. The Balaban J connectivity index is 1.47. The number of carbonyl (C=O) groups is 2. The highest BCUT2D eigenvalue weighted by atomic mass is 16.7. The number of hydrogen-bond donors (Lipinski definition) is 2. The molecule has 2 aromatic carbocycles. The van der Waals surface area contributed by atoms with E-state index in [0.29, 0.717) is 11.5 Å². The van der Waals surface area contributed by atoms with Gasteiger partial charge in [0.15, 0.2) is 11.5 Å². The Morgan fingerprint density at radius 3 is 2.46 bits per heavy atom. The van der Waals surface area contributed by atoms with Crippen molar-refractivity contribution in [3.8, 4) is 11.5 Å². The Bertz CT molecular complexity index is 899. The summed E-state index contributed by atoms with van der Waals surface area (Å²) in [5.74, 6) is -0.308. The Hall–Kier alpha value is -3.35. The minimum absolute atomic E-state index is 0.0694. The third-order valence-corrected chi connectivity index (χ3v) is 4.25. The van der Waals surface area contributed by atoms with Gasteiger partial charge in [-0.05, 0) is 34.2 Å². The molecule has 0 radical (unpaired) electrons. The lowest BCUT2D eigenvalue weighted by Crippen LogP contribution is -2.37. The first-order valence-corrected chi connectivity index (χ1v) is 8.93. The van der Waals surface area contributed by atoms with Crippen LogP contribution in [0.5, 0.6) is 11.5 Å². The molecule has 0 spiro atoms. The highest BCUT2D eigenvalue weighted by molar-refractivity contribution is 6.35. The van der Waals surface area contributed by atoms with Crippen LogP contribution in [0.4, 0.5) is 0 Å². The molecule has 7 heteroatoms. The van der Waals surface area contributed by atoms with Gasteiger partial charge in [0.1, 0.15) is 0 Å². The third kappa shape index (κ3) is 4.88. The number of carbonyl (C=O) groups excluding carboxylic acids is 2. The number of rotatable bonds is 4. The molecule has 0 aliphatic carbocycles. The van der Waals surface area contributed by atoms with Gasteiger partial charge in [-0.1, -0.05) is 51.1 Å². The third-order valence-electron chi connectivity index (χ3n) is 4.25. The maximum atomic E-state index is 11.9. The van der Waals surface area contributed by atoms with Crippen LogP contribution in [0.25, 0.3) is 0 Å². The zero-order chi connectivity index (χ0) is 20.1. The number of amides is 2. The van der Waals surface area contributed by atoms with Crippen LogP contribution in [-0.2, 0) is 21.5 Å². The Labute approximate surface area is 163 Å². The number of hydrogen-bond acceptors (Lipinski definition) is 5. The number of fused-ring (bicyclic) bond motifs is 1. The molecule has 7 nitrogen and oxygen atoms in total. The molecular formula is C21H23N3O4. The number of benzene rings is 2. The second-order valence-corrected chi connectivity index (χ2v) is 7.44. The highest BCUT2D eigenvalue weighted by Crippen LogP contribution is 2.32. The fourth-order valence-electron chi connectivity index (χ4n) is 2.60. The summed E-state index contributed by atoms with van der Waals surface area (Å²) in [6.45, 7) is 6.79.